The number of hydrogen-bond donors (Lipinski definition) is 2. The Bertz CT molecular complexity index is 598. The highest BCUT2D eigenvalue weighted by molar-refractivity contribution is 6.07. The van der Waals surface area contributed by atoms with E-state index < -0.39 is 17.5 Å². The van der Waals surface area contributed by atoms with Crippen molar-refractivity contribution in [1.82, 2.24) is 10.6 Å². The van der Waals surface area contributed by atoms with Crippen LogP contribution in [0.25, 0.3) is 11.0 Å². The molecule has 2 heterocycles. The van der Waals surface area contributed by atoms with E-state index in [1.807, 2.05) is 24.3 Å². The molecule has 0 radical (unpaired) electrons. The zero-order valence-electron chi connectivity index (χ0n) is 9.11. The Morgan fingerprint density at radius 2 is 2.00 bits per heavy atom. The maximum Gasteiger partial charge on any atom is 0.322 e. The minimum Gasteiger partial charge on any atom is -0.458 e. The molecule has 1 aromatic carbocycles. The van der Waals surface area contributed by atoms with E-state index in [-0.39, 0.29) is 0 Å². The summed E-state index contributed by atoms with van der Waals surface area (Å²) in [4.78, 5) is 22.9. The standard InChI is InChI=1S/C12H10N2O3/c1-12(10(15)13-11(16)14-12)9-6-7-4-2-3-5-8(7)17-9/h2-6H,1H3,(H2,13,14,15,16)/t12-/m0/s1. The molecule has 0 unspecified atom stereocenters. The lowest BCUT2D eigenvalue weighted by molar-refractivity contribution is -0.124. The van der Waals surface area contributed by atoms with Gasteiger partial charge in [-0.25, -0.2) is 4.79 Å². The molecule has 3 rings (SSSR count). The third-order valence-electron chi connectivity index (χ3n) is 2.96. The molecule has 1 atom stereocenters. The first-order valence-corrected chi connectivity index (χ1v) is 5.22. The molecule has 0 saturated carbocycles. The minimum absolute atomic E-state index is 0.401. The zero-order chi connectivity index (χ0) is 12.0. The van der Waals surface area contributed by atoms with Crippen molar-refractivity contribution >= 4 is 22.9 Å². The molecule has 0 spiro atoms. The van der Waals surface area contributed by atoms with Crippen molar-refractivity contribution in [3.8, 4) is 0 Å². The predicted molar refractivity (Wildman–Crippen MR) is 60.2 cm³/mol. The van der Waals surface area contributed by atoms with Gasteiger partial charge in [-0.1, -0.05) is 18.2 Å². The summed E-state index contributed by atoms with van der Waals surface area (Å²) in [5.41, 5.74) is -0.437. The van der Waals surface area contributed by atoms with Crippen LogP contribution in [0, 0.1) is 0 Å². The van der Waals surface area contributed by atoms with Crippen LogP contribution < -0.4 is 10.6 Å². The van der Waals surface area contributed by atoms with Crippen molar-refractivity contribution in [2.75, 3.05) is 0 Å². The van der Waals surface area contributed by atoms with Gasteiger partial charge in [-0.3, -0.25) is 10.1 Å². The fraction of sp³-hybridized carbons (Fsp3) is 0.167. The summed E-state index contributed by atoms with van der Waals surface area (Å²) in [6.07, 6.45) is 0. The number of carbonyl (C=O) groups excluding carboxylic acids is 2. The number of carbonyl (C=O) groups is 2. The summed E-state index contributed by atoms with van der Waals surface area (Å²) in [5.74, 6) is 0.0311. The van der Waals surface area contributed by atoms with Gasteiger partial charge in [0.25, 0.3) is 5.91 Å². The van der Waals surface area contributed by atoms with E-state index in [9.17, 15) is 9.59 Å². The van der Waals surface area contributed by atoms with Gasteiger partial charge in [-0.05, 0) is 19.1 Å². The second kappa shape index (κ2) is 3.10. The van der Waals surface area contributed by atoms with Crippen molar-refractivity contribution in [2.24, 2.45) is 0 Å². The van der Waals surface area contributed by atoms with Gasteiger partial charge in [0.2, 0.25) is 0 Å². The second-order valence-electron chi connectivity index (χ2n) is 4.18. The lowest BCUT2D eigenvalue weighted by Gasteiger charge is -2.16. The van der Waals surface area contributed by atoms with E-state index in [0.29, 0.717) is 11.3 Å². The van der Waals surface area contributed by atoms with E-state index in [1.54, 1.807) is 13.0 Å². The minimum atomic E-state index is -1.13. The van der Waals surface area contributed by atoms with Crippen LogP contribution >= 0.6 is 0 Å². The third kappa shape index (κ3) is 1.32. The van der Waals surface area contributed by atoms with Crippen molar-refractivity contribution in [2.45, 2.75) is 12.5 Å². The second-order valence-corrected chi connectivity index (χ2v) is 4.18. The molecular weight excluding hydrogens is 220 g/mol. The fourth-order valence-electron chi connectivity index (χ4n) is 1.94. The fourth-order valence-corrected chi connectivity index (χ4v) is 1.94. The number of para-hydroxylation sites is 1. The Morgan fingerprint density at radius 1 is 1.24 bits per heavy atom. The number of urea groups is 1. The number of hydrogen-bond acceptors (Lipinski definition) is 3. The molecule has 0 aliphatic carbocycles. The average Bonchev–Trinajstić information content (AvgIpc) is 2.81. The first-order chi connectivity index (χ1) is 8.09. The molecule has 5 nitrogen and oxygen atoms in total. The molecule has 1 aliphatic rings. The Labute approximate surface area is 96.8 Å². The van der Waals surface area contributed by atoms with Crippen LogP contribution in [0.15, 0.2) is 34.7 Å². The largest absolute Gasteiger partial charge is 0.458 e. The summed E-state index contributed by atoms with van der Waals surface area (Å²) in [6, 6.07) is 8.71. The van der Waals surface area contributed by atoms with Crippen LogP contribution in [0.2, 0.25) is 0 Å². The first-order valence-electron chi connectivity index (χ1n) is 5.22. The number of nitrogens with one attached hydrogen (secondary N) is 2. The summed E-state index contributed by atoms with van der Waals surface area (Å²) < 4.78 is 5.60. The summed E-state index contributed by atoms with van der Waals surface area (Å²) in [5, 5.41) is 5.67. The molecule has 1 aliphatic heterocycles. The van der Waals surface area contributed by atoms with E-state index in [1.165, 1.54) is 0 Å². The number of rotatable bonds is 1. The van der Waals surface area contributed by atoms with Crippen LogP contribution in [0.3, 0.4) is 0 Å². The average molecular weight is 230 g/mol. The predicted octanol–water partition coefficient (Wildman–Crippen LogP) is 1.49. The Morgan fingerprint density at radius 3 is 2.65 bits per heavy atom. The van der Waals surface area contributed by atoms with Gasteiger partial charge in [0, 0.05) is 5.39 Å². The van der Waals surface area contributed by atoms with Gasteiger partial charge in [0.05, 0.1) is 0 Å². The molecule has 1 saturated heterocycles. The summed E-state index contributed by atoms with van der Waals surface area (Å²) in [6.45, 7) is 1.62. The normalized spacial score (nSPS) is 23.8. The maximum absolute atomic E-state index is 11.7. The Balaban J connectivity index is 2.15. The van der Waals surface area contributed by atoms with Crippen molar-refractivity contribution in [3.05, 3.63) is 36.1 Å². The van der Waals surface area contributed by atoms with E-state index in [4.69, 9.17) is 4.42 Å². The number of benzene rings is 1. The van der Waals surface area contributed by atoms with Crippen molar-refractivity contribution in [1.29, 1.82) is 0 Å². The van der Waals surface area contributed by atoms with Crippen LogP contribution in [0.4, 0.5) is 4.79 Å². The molecule has 2 N–H and O–H groups in total. The SMILES string of the molecule is C[C@@]1(c2cc3ccccc3o2)NC(=O)NC1=O. The first kappa shape index (κ1) is 9.89. The highest BCUT2D eigenvalue weighted by Gasteiger charge is 2.46. The summed E-state index contributed by atoms with van der Waals surface area (Å²) in [7, 11) is 0. The van der Waals surface area contributed by atoms with Gasteiger partial charge >= 0.3 is 6.03 Å². The van der Waals surface area contributed by atoms with Crippen molar-refractivity contribution < 1.29 is 14.0 Å². The van der Waals surface area contributed by atoms with Crippen LogP contribution in [-0.2, 0) is 10.3 Å². The molecule has 17 heavy (non-hydrogen) atoms. The van der Waals surface area contributed by atoms with E-state index in [0.717, 1.165) is 5.39 Å². The van der Waals surface area contributed by atoms with Crippen LogP contribution in [0.5, 0.6) is 0 Å². The lowest BCUT2D eigenvalue weighted by atomic mass is 9.99. The van der Waals surface area contributed by atoms with Crippen molar-refractivity contribution in [3.63, 3.8) is 0 Å². The monoisotopic (exact) mass is 230 g/mol. The summed E-state index contributed by atoms with van der Waals surface area (Å²) >= 11 is 0. The molecule has 0 bridgehead atoms. The van der Waals surface area contributed by atoms with E-state index in [2.05, 4.69) is 10.6 Å². The van der Waals surface area contributed by atoms with Gasteiger partial charge in [0.1, 0.15) is 11.3 Å². The van der Waals surface area contributed by atoms with Gasteiger partial charge in [-0.15, -0.1) is 0 Å². The molecular formula is C12H10N2O3. The molecule has 5 heteroatoms. The third-order valence-corrected chi connectivity index (χ3v) is 2.96. The van der Waals surface area contributed by atoms with Gasteiger partial charge < -0.3 is 9.73 Å². The Kier molecular flexibility index (Phi) is 1.80. The molecule has 1 fully saturated rings. The van der Waals surface area contributed by atoms with Crippen LogP contribution in [0.1, 0.15) is 12.7 Å². The highest BCUT2D eigenvalue weighted by Crippen LogP contribution is 2.29. The van der Waals surface area contributed by atoms with Crippen LogP contribution in [-0.4, -0.2) is 11.9 Å². The number of furan rings is 1. The molecule has 2 aromatic rings. The van der Waals surface area contributed by atoms with Gasteiger partial charge in [-0.2, -0.15) is 0 Å². The molecule has 86 valence electrons. The number of imide groups is 1. The smallest absolute Gasteiger partial charge is 0.322 e. The molecule has 3 amide bonds. The van der Waals surface area contributed by atoms with E-state index >= 15 is 0 Å². The number of fused-ring (bicyclic) bond motifs is 1. The van der Waals surface area contributed by atoms with Gasteiger partial charge in [0.15, 0.2) is 5.54 Å². The lowest BCUT2D eigenvalue weighted by Crippen LogP contribution is -2.40. The topological polar surface area (TPSA) is 71.3 Å². The maximum atomic E-state index is 11.7. The zero-order valence-corrected chi connectivity index (χ0v) is 9.11. The number of amides is 3. The Hall–Kier alpha value is -2.30. The quantitative estimate of drug-likeness (QED) is 0.729. The highest BCUT2D eigenvalue weighted by atomic mass is 16.3. The molecule has 1 aromatic heterocycles.